The van der Waals surface area contributed by atoms with Crippen LogP contribution in [-0.2, 0) is 32.7 Å². The van der Waals surface area contributed by atoms with Crippen molar-refractivity contribution in [1.82, 2.24) is 4.90 Å². The summed E-state index contributed by atoms with van der Waals surface area (Å²) in [6, 6.07) is 8.97. The van der Waals surface area contributed by atoms with Gasteiger partial charge in [-0.25, -0.2) is 0 Å². The third-order valence-corrected chi connectivity index (χ3v) is 2.87. The van der Waals surface area contributed by atoms with Crippen molar-refractivity contribution in [3.8, 4) is 5.75 Å². The summed E-state index contributed by atoms with van der Waals surface area (Å²) < 4.78 is 5.35. The normalized spacial score (nSPS) is 16.8. The summed E-state index contributed by atoms with van der Waals surface area (Å²) in [5.41, 5.74) is 1.16. The molecule has 1 aromatic rings. The second kappa shape index (κ2) is 6.58. The largest absolute Gasteiger partial charge is 3.00 e. The minimum Gasteiger partial charge on any atom is -0.520 e. The van der Waals surface area contributed by atoms with E-state index in [1.807, 2.05) is 18.2 Å². The molecule has 82 valence electrons. The summed E-state index contributed by atoms with van der Waals surface area (Å²) in [7, 11) is 3.88. The van der Waals surface area contributed by atoms with Crippen molar-refractivity contribution in [3.05, 3.63) is 24.3 Å². The van der Waals surface area contributed by atoms with E-state index < -0.39 is 0 Å². The van der Waals surface area contributed by atoms with E-state index in [1.165, 1.54) is 0 Å². The smallest absolute Gasteiger partial charge is 0.520 e. The van der Waals surface area contributed by atoms with Gasteiger partial charge in [-0.05, 0) is 12.7 Å². The first kappa shape index (κ1) is 13.9. The van der Waals surface area contributed by atoms with Crippen LogP contribution in [-0.4, -0.2) is 45.2 Å². The van der Waals surface area contributed by atoms with Gasteiger partial charge in [-0.15, -0.1) is 6.07 Å². The maximum Gasteiger partial charge on any atom is 3.00 e. The summed E-state index contributed by atoms with van der Waals surface area (Å²) in [6.45, 7) is 4.34. The Bertz CT molecular complexity index is 325. The Morgan fingerprint density at radius 1 is 1.25 bits per heavy atom. The van der Waals surface area contributed by atoms with Crippen molar-refractivity contribution in [2.24, 2.45) is 0 Å². The first-order valence-corrected chi connectivity index (χ1v) is 5.29. The Morgan fingerprint density at radius 2 is 1.94 bits per heavy atom. The van der Waals surface area contributed by atoms with Gasteiger partial charge in [-0.3, -0.25) is 0 Å². The number of rotatable bonds is 2. The van der Waals surface area contributed by atoms with Crippen LogP contribution in [0.4, 0.5) is 5.69 Å². The number of piperazine rings is 1. The fourth-order valence-electron chi connectivity index (χ4n) is 1.87. The molecule has 0 radical (unpaired) electrons. The van der Waals surface area contributed by atoms with Crippen LogP contribution in [0.2, 0.25) is 0 Å². The Labute approximate surface area is 123 Å². The number of ether oxygens (including phenoxy) is 1. The SMILES string of the molecule is COc1cc[c-]cc1N1CCN(C)CC1.[Y+3]. The summed E-state index contributed by atoms with van der Waals surface area (Å²) in [5.74, 6) is 0.943. The summed E-state index contributed by atoms with van der Waals surface area (Å²) >= 11 is 0. The molecule has 0 spiro atoms. The molecule has 1 aliphatic heterocycles. The molecule has 1 aliphatic rings. The number of anilines is 1. The molecule has 0 N–H and O–H groups in total. The fraction of sp³-hybridized carbons (Fsp3) is 0.500. The minimum absolute atomic E-state index is 0. The van der Waals surface area contributed by atoms with E-state index in [2.05, 4.69) is 22.9 Å². The van der Waals surface area contributed by atoms with Crippen LogP contribution in [0.1, 0.15) is 0 Å². The minimum atomic E-state index is 0. The van der Waals surface area contributed by atoms with Gasteiger partial charge in [-0.1, -0.05) is 0 Å². The molecule has 1 aromatic carbocycles. The first-order chi connectivity index (χ1) is 7.31. The molecular formula is C12H17N2OY+2. The number of hydrogen-bond donors (Lipinski definition) is 0. The van der Waals surface area contributed by atoms with E-state index in [0.29, 0.717) is 0 Å². The molecule has 0 aromatic heterocycles. The van der Waals surface area contributed by atoms with E-state index in [9.17, 15) is 0 Å². The number of nitrogens with zero attached hydrogens (tertiary/aromatic N) is 2. The Hall–Kier alpha value is -0.116. The fourth-order valence-corrected chi connectivity index (χ4v) is 1.87. The number of hydrogen-bond acceptors (Lipinski definition) is 3. The zero-order valence-corrected chi connectivity index (χ0v) is 12.8. The summed E-state index contributed by atoms with van der Waals surface area (Å²) in [4.78, 5) is 4.70. The van der Waals surface area contributed by atoms with Crippen LogP contribution in [0, 0.1) is 6.07 Å². The zero-order chi connectivity index (χ0) is 10.7. The van der Waals surface area contributed by atoms with Crippen LogP contribution < -0.4 is 9.64 Å². The quantitative estimate of drug-likeness (QED) is 0.763. The van der Waals surface area contributed by atoms with E-state index in [1.54, 1.807) is 7.11 Å². The average Bonchev–Trinajstić information content (AvgIpc) is 2.30. The molecule has 0 aliphatic carbocycles. The Kier molecular flexibility index (Phi) is 5.73. The molecular weight excluding hydrogens is 277 g/mol. The molecule has 3 nitrogen and oxygen atoms in total. The second-order valence-corrected chi connectivity index (χ2v) is 3.89. The summed E-state index contributed by atoms with van der Waals surface area (Å²) in [5, 5.41) is 0. The predicted molar refractivity (Wildman–Crippen MR) is 61.5 cm³/mol. The molecule has 4 heteroatoms. The predicted octanol–water partition coefficient (Wildman–Crippen LogP) is 1.24. The van der Waals surface area contributed by atoms with Gasteiger partial charge in [0, 0.05) is 31.9 Å². The van der Waals surface area contributed by atoms with Gasteiger partial charge in [0.1, 0.15) is 0 Å². The Morgan fingerprint density at radius 3 is 2.56 bits per heavy atom. The maximum atomic E-state index is 5.35. The number of methoxy groups -OCH3 is 1. The van der Waals surface area contributed by atoms with E-state index in [0.717, 1.165) is 37.6 Å². The first-order valence-electron chi connectivity index (χ1n) is 5.29. The van der Waals surface area contributed by atoms with Gasteiger partial charge in [0.25, 0.3) is 0 Å². The molecule has 16 heavy (non-hydrogen) atoms. The van der Waals surface area contributed by atoms with Gasteiger partial charge >= 0.3 is 32.7 Å². The molecule has 1 saturated heterocycles. The average molecular weight is 294 g/mol. The van der Waals surface area contributed by atoms with Gasteiger partial charge < -0.3 is 14.5 Å². The molecule has 1 fully saturated rings. The van der Waals surface area contributed by atoms with Crippen molar-refractivity contribution < 1.29 is 37.4 Å². The van der Waals surface area contributed by atoms with Crippen LogP contribution in [0.5, 0.6) is 5.75 Å². The molecule has 0 unspecified atom stereocenters. The van der Waals surface area contributed by atoms with Crippen molar-refractivity contribution >= 4 is 5.69 Å². The van der Waals surface area contributed by atoms with Crippen molar-refractivity contribution in [1.29, 1.82) is 0 Å². The topological polar surface area (TPSA) is 15.7 Å². The molecule has 0 saturated carbocycles. The van der Waals surface area contributed by atoms with E-state index in [-0.39, 0.29) is 32.7 Å². The van der Waals surface area contributed by atoms with Gasteiger partial charge in [0.05, 0.1) is 7.11 Å². The summed E-state index contributed by atoms with van der Waals surface area (Å²) in [6.07, 6.45) is 0. The molecule has 0 bridgehead atoms. The molecule has 0 amide bonds. The monoisotopic (exact) mass is 294 g/mol. The van der Waals surface area contributed by atoms with Crippen molar-refractivity contribution in [3.63, 3.8) is 0 Å². The molecule has 2 rings (SSSR count). The maximum absolute atomic E-state index is 5.35. The van der Waals surface area contributed by atoms with Crippen LogP contribution in [0.15, 0.2) is 18.2 Å². The van der Waals surface area contributed by atoms with Crippen LogP contribution >= 0.6 is 0 Å². The van der Waals surface area contributed by atoms with Gasteiger partial charge in [-0.2, -0.15) is 18.2 Å². The number of likely N-dealkylation sites (N-methyl/N-ethyl adjacent to an activating group) is 1. The molecule has 0 atom stereocenters. The van der Waals surface area contributed by atoms with Crippen molar-refractivity contribution in [2.45, 2.75) is 0 Å². The standard InChI is InChI=1S/C12H17N2O.Y/c1-13-7-9-14(10-8-13)11-5-3-4-6-12(11)15-2;/h4-6H,7-10H2,1-2H3;/q-1;+3. The van der Waals surface area contributed by atoms with Gasteiger partial charge in [0.15, 0.2) is 0 Å². The third-order valence-electron chi connectivity index (χ3n) is 2.87. The molecule has 1 heterocycles. The van der Waals surface area contributed by atoms with Crippen LogP contribution in [0.25, 0.3) is 0 Å². The van der Waals surface area contributed by atoms with E-state index >= 15 is 0 Å². The third kappa shape index (κ3) is 3.19. The van der Waals surface area contributed by atoms with Crippen molar-refractivity contribution in [2.75, 3.05) is 45.2 Å². The zero-order valence-electron chi connectivity index (χ0n) is 9.94. The second-order valence-electron chi connectivity index (χ2n) is 3.89. The number of benzene rings is 1. The van der Waals surface area contributed by atoms with Gasteiger partial charge in [0.2, 0.25) is 0 Å². The van der Waals surface area contributed by atoms with Crippen LogP contribution in [0.3, 0.4) is 0 Å². The Balaban J connectivity index is 0.00000128. The van der Waals surface area contributed by atoms with E-state index in [4.69, 9.17) is 4.74 Å².